The molecule has 1 aliphatic heterocycles. The average Bonchev–Trinajstić information content (AvgIpc) is 2.62. The topological polar surface area (TPSA) is 41.5 Å². The summed E-state index contributed by atoms with van der Waals surface area (Å²) in [5, 5.41) is 4.27. The number of carbonyl (C=O) groups excluding carboxylic acids is 1. The number of anilines is 1. The van der Waals surface area contributed by atoms with Crippen LogP contribution in [0.25, 0.3) is 6.08 Å². The van der Waals surface area contributed by atoms with Gasteiger partial charge in [0.2, 0.25) is 0 Å². The van der Waals surface area contributed by atoms with Crippen molar-refractivity contribution in [3.63, 3.8) is 0 Å². The van der Waals surface area contributed by atoms with Gasteiger partial charge < -0.3 is 5.32 Å². The minimum Gasteiger partial charge on any atom is -0.335 e. The van der Waals surface area contributed by atoms with Gasteiger partial charge in [-0.1, -0.05) is 35.5 Å². The molecule has 0 saturated heterocycles. The van der Waals surface area contributed by atoms with Crippen LogP contribution in [0.15, 0.2) is 47.5 Å². The Kier molecular flexibility index (Phi) is 5.94. The summed E-state index contributed by atoms with van der Waals surface area (Å²) >= 11 is 1.74. The van der Waals surface area contributed by atoms with Crippen molar-refractivity contribution in [2.75, 3.05) is 17.6 Å². The molecule has 1 heterocycles. The third-order valence-corrected chi connectivity index (χ3v) is 5.35. The number of allylic oxidation sites excluding steroid dienone is 1. The minimum atomic E-state index is 0.0142. The first-order valence-corrected chi connectivity index (χ1v) is 9.86. The molecular weight excluding hydrogens is 340 g/mol. The van der Waals surface area contributed by atoms with Crippen molar-refractivity contribution in [3.05, 3.63) is 70.3 Å². The zero-order valence-corrected chi connectivity index (χ0v) is 16.3. The Morgan fingerprint density at radius 1 is 1.12 bits per heavy atom. The molecule has 1 aliphatic rings. The van der Waals surface area contributed by atoms with Crippen LogP contribution in [0.5, 0.6) is 0 Å². The van der Waals surface area contributed by atoms with E-state index in [-0.39, 0.29) is 5.78 Å². The molecule has 0 radical (unpaired) electrons. The van der Waals surface area contributed by atoms with E-state index in [1.165, 1.54) is 16.7 Å². The lowest BCUT2D eigenvalue weighted by Crippen LogP contribution is -2.13. The summed E-state index contributed by atoms with van der Waals surface area (Å²) in [4.78, 5) is 16.9. The second-order valence-electron chi connectivity index (χ2n) is 6.60. The Morgan fingerprint density at radius 3 is 2.42 bits per heavy atom. The Hall–Kier alpha value is -2.33. The Morgan fingerprint density at radius 2 is 1.81 bits per heavy atom. The van der Waals surface area contributed by atoms with Gasteiger partial charge >= 0.3 is 0 Å². The molecule has 0 spiro atoms. The summed E-state index contributed by atoms with van der Waals surface area (Å²) in [5.74, 6) is 1.12. The molecule has 0 unspecified atom stereocenters. The number of ketones is 1. The highest BCUT2D eigenvalue weighted by molar-refractivity contribution is 8.14. The first kappa shape index (κ1) is 18.5. The number of hydrogen-bond acceptors (Lipinski definition) is 4. The van der Waals surface area contributed by atoms with Crippen LogP contribution in [0.3, 0.4) is 0 Å². The van der Waals surface area contributed by atoms with E-state index in [0.717, 1.165) is 35.1 Å². The normalized spacial score (nSPS) is 14.3. The predicted molar refractivity (Wildman–Crippen MR) is 113 cm³/mol. The van der Waals surface area contributed by atoms with Crippen LogP contribution in [0, 0.1) is 20.8 Å². The quantitative estimate of drug-likeness (QED) is 0.582. The molecule has 0 aromatic heterocycles. The summed E-state index contributed by atoms with van der Waals surface area (Å²) in [7, 11) is 0. The molecule has 0 atom stereocenters. The fraction of sp³-hybridized carbons (Fsp3) is 0.273. The van der Waals surface area contributed by atoms with E-state index in [1.807, 2.05) is 30.3 Å². The van der Waals surface area contributed by atoms with Gasteiger partial charge in [0.1, 0.15) is 0 Å². The SMILES string of the molecule is Cc1cc(C)c(/C=C/C(=O)c2ccc(NC3=NCCCS3)cc2)c(C)c1. The first-order valence-electron chi connectivity index (χ1n) is 8.87. The van der Waals surface area contributed by atoms with Gasteiger partial charge in [-0.3, -0.25) is 9.79 Å². The maximum absolute atomic E-state index is 12.5. The second-order valence-corrected chi connectivity index (χ2v) is 7.68. The maximum Gasteiger partial charge on any atom is 0.185 e. The number of benzene rings is 2. The van der Waals surface area contributed by atoms with Crippen LogP contribution in [0.4, 0.5) is 5.69 Å². The highest BCUT2D eigenvalue weighted by atomic mass is 32.2. The lowest BCUT2D eigenvalue weighted by molar-refractivity contribution is 0.104. The fourth-order valence-electron chi connectivity index (χ4n) is 3.09. The van der Waals surface area contributed by atoms with Gasteiger partial charge in [-0.25, -0.2) is 0 Å². The van der Waals surface area contributed by atoms with Gasteiger partial charge in [0.05, 0.1) is 0 Å². The van der Waals surface area contributed by atoms with E-state index in [2.05, 4.69) is 43.2 Å². The molecule has 0 fully saturated rings. The molecule has 0 bridgehead atoms. The van der Waals surface area contributed by atoms with E-state index in [4.69, 9.17) is 0 Å². The van der Waals surface area contributed by atoms with Crippen molar-refractivity contribution >= 4 is 34.5 Å². The van der Waals surface area contributed by atoms with Crippen LogP contribution in [0.1, 0.15) is 39.0 Å². The van der Waals surface area contributed by atoms with Crippen LogP contribution in [-0.4, -0.2) is 23.2 Å². The van der Waals surface area contributed by atoms with E-state index in [9.17, 15) is 4.79 Å². The number of nitrogens with one attached hydrogen (secondary N) is 1. The third-order valence-electron chi connectivity index (χ3n) is 4.36. The van der Waals surface area contributed by atoms with E-state index >= 15 is 0 Å². The number of amidine groups is 1. The van der Waals surface area contributed by atoms with Crippen LogP contribution in [-0.2, 0) is 0 Å². The Bertz CT molecular complexity index is 843. The van der Waals surface area contributed by atoms with Crippen LogP contribution < -0.4 is 5.32 Å². The zero-order valence-electron chi connectivity index (χ0n) is 15.5. The smallest absolute Gasteiger partial charge is 0.185 e. The number of hydrogen-bond donors (Lipinski definition) is 1. The molecule has 2 aromatic carbocycles. The van der Waals surface area contributed by atoms with Crippen molar-refractivity contribution in [2.45, 2.75) is 27.2 Å². The van der Waals surface area contributed by atoms with Gasteiger partial charge in [0, 0.05) is 23.5 Å². The molecule has 1 N–H and O–H groups in total. The van der Waals surface area contributed by atoms with Gasteiger partial charge in [0.25, 0.3) is 0 Å². The van der Waals surface area contributed by atoms with E-state index in [0.29, 0.717) is 5.56 Å². The lowest BCUT2D eigenvalue weighted by Gasteiger charge is -2.13. The summed E-state index contributed by atoms with van der Waals surface area (Å²) in [6, 6.07) is 11.9. The molecule has 3 nitrogen and oxygen atoms in total. The van der Waals surface area contributed by atoms with Gasteiger partial charge in [-0.15, -0.1) is 0 Å². The molecule has 26 heavy (non-hydrogen) atoms. The number of nitrogens with zero attached hydrogens (tertiary/aromatic N) is 1. The third kappa shape index (κ3) is 4.64. The summed E-state index contributed by atoms with van der Waals surface area (Å²) in [6.07, 6.45) is 4.72. The summed E-state index contributed by atoms with van der Waals surface area (Å²) in [6.45, 7) is 7.13. The maximum atomic E-state index is 12.5. The monoisotopic (exact) mass is 364 g/mol. The molecule has 0 aliphatic carbocycles. The highest BCUT2D eigenvalue weighted by Crippen LogP contribution is 2.19. The van der Waals surface area contributed by atoms with Crippen LogP contribution >= 0.6 is 11.8 Å². The van der Waals surface area contributed by atoms with Crippen molar-refractivity contribution in [1.82, 2.24) is 0 Å². The lowest BCUT2D eigenvalue weighted by atomic mass is 9.98. The molecular formula is C22H24N2OS. The van der Waals surface area contributed by atoms with Crippen LogP contribution in [0.2, 0.25) is 0 Å². The van der Waals surface area contributed by atoms with Crippen molar-refractivity contribution in [1.29, 1.82) is 0 Å². The molecule has 3 rings (SSSR count). The van der Waals surface area contributed by atoms with Crippen molar-refractivity contribution in [2.24, 2.45) is 4.99 Å². The fourth-order valence-corrected chi connectivity index (χ4v) is 3.93. The summed E-state index contributed by atoms with van der Waals surface area (Å²) in [5.41, 5.74) is 6.40. The Labute approximate surface area is 159 Å². The largest absolute Gasteiger partial charge is 0.335 e. The second kappa shape index (κ2) is 8.37. The van der Waals surface area contributed by atoms with Gasteiger partial charge in [-0.05, 0) is 74.2 Å². The number of aryl methyl sites for hydroxylation is 3. The van der Waals surface area contributed by atoms with Gasteiger partial charge in [-0.2, -0.15) is 0 Å². The number of thioether (sulfide) groups is 1. The predicted octanol–water partition coefficient (Wildman–Crippen LogP) is 5.41. The molecule has 0 amide bonds. The first-order chi connectivity index (χ1) is 12.5. The van der Waals surface area contributed by atoms with E-state index in [1.54, 1.807) is 17.8 Å². The number of rotatable bonds is 4. The minimum absolute atomic E-state index is 0.0142. The van der Waals surface area contributed by atoms with Crippen molar-refractivity contribution < 1.29 is 4.79 Å². The van der Waals surface area contributed by atoms with E-state index < -0.39 is 0 Å². The molecule has 0 saturated carbocycles. The number of carbonyl (C=O) groups is 1. The standard InChI is InChI=1S/C22H24N2OS/c1-15-13-16(2)20(17(3)14-15)9-10-21(25)18-5-7-19(8-6-18)24-22-23-11-4-12-26-22/h5-10,13-14H,4,11-12H2,1-3H3,(H,23,24)/b10-9+. The molecule has 4 heteroatoms. The zero-order chi connectivity index (χ0) is 18.5. The summed E-state index contributed by atoms with van der Waals surface area (Å²) < 4.78 is 0. The Balaban J connectivity index is 1.69. The molecule has 2 aromatic rings. The van der Waals surface area contributed by atoms with Crippen molar-refractivity contribution in [3.8, 4) is 0 Å². The van der Waals surface area contributed by atoms with Gasteiger partial charge in [0.15, 0.2) is 11.0 Å². The molecule has 134 valence electrons. The highest BCUT2D eigenvalue weighted by Gasteiger charge is 2.07. The average molecular weight is 365 g/mol. The number of aliphatic imine (C=N–C) groups is 1.